The predicted octanol–water partition coefficient (Wildman–Crippen LogP) is 5.16. The summed E-state index contributed by atoms with van der Waals surface area (Å²) < 4.78 is 83.6. The number of hydrogen-bond donors (Lipinski definition) is 1. The molecule has 6 rings (SSSR count). The lowest BCUT2D eigenvalue weighted by molar-refractivity contribution is -0.137. The minimum atomic E-state index is -4.22. The Balaban J connectivity index is 1.42. The molecule has 10 nitrogen and oxygen atoms in total. The van der Waals surface area contributed by atoms with Crippen molar-refractivity contribution < 1.29 is 41.0 Å². The van der Waals surface area contributed by atoms with Crippen LogP contribution in [0.3, 0.4) is 0 Å². The monoisotopic (exact) mass is 644 g/mol. The second kappa shape index (κ2) is 11.7. The Labute approximate surface area is 257 Å². The van der Waals surface area contributed by atoms with Crippen molar-refractivity contribution in [1.82, 2.24) is 18.9 Å². The fourth-order valence-electron chi connectivity index (χ4n) is 6.22. The van der Waals surface area contributed by atoms with Gasteiger partial charge < -0.3 is 14.6 Å². The number of carboxylic acid groups (broad SMARTS) is 1. The maximum Gasteiger partial charge on any atom is 0.304 e. The smallest absolute Gasteiger partial charge is 0.304 e. The highest BCUT2D eigenvalue weighted by Gasteiger charge is 2.45. The van der Waals surface area contributed by atoms with E-state index >= 15 is 0 Å². The van der Waals surface area contributed by atoms with Crippen molar-refractivity contribution in [2.24, 2.45) is 0 Å². The molecule has 1 atom stereocenters. The minimum Gasteiger partial charge on any atom is -0.484 e. The number of rotatable bonds is 7. The molecule has 1 saturated heterocycles. The van der Waals surface area contributed by atoms with Gasteiger partial charge >= 0.3 is 5.97 Å². The van der Waals surface area contributed by atoms with Crippen molar-refractivity contribution in [1.29, 1.82) is 0 Å². The van der Waals surface area contributed by atoms with Gasteiger partial charge in [-0.2, -0.15) is 4.31 Å². The number of aromatic nitrogens is 3. The van der Waals surface area contributed by atoms with Crippen LogP contribution in [0.1, 0.15) is 65.2 Å². The van der Waals surface area contributed by atoms with Gasteiger partial charge in [0, 0.05) is 31.5 Å². The third kappa shape index (κ3) is 5.77. The quantitative estimate of drug-likeness (QED) is 0.293. The molecule has 2 aliphatic heterocycles. The molecule has 4 heterocycles. The largest absolute Gasteiger partial charge is 0.484 e. The van der Waals surface area contributed by atoms with Crippen molar-refractivity contribution in [2.45, 2.75) is 62.5 Å². The SMILES string of the molecule is Cc1ccc([C@@H](CC(=O)O)c2ccn3c(C(F)F)nnc3c2C)cc1CN1CC2(CCOCC2)Oc2ccc(F)cc2S1(=O)=O. The summed E-state index contributed by atoms with van der Waals surface area (Å²) in [6.07, 6.45) is -0.887. The normalized spacial score (nSPS) is 18.4. The lowest BCUT2D eigenvalue weighted by Crippen LogP contribution is -2.50. The van der Waals surface area contributed by atoms with Crippen LogP contribution >= 0.6 is 0 Å². The summed E-state index contributed by atoms with van der Waals surface area (Å²) in [4.78, 5) is 11.8. The number of sulfonamides is 1. The molecule has 0 unspecified atom stereocenters. The van der Waals surface area contributed by atoms with Crippen LogP contribution in [0.15, 0.2) is 53.6 Å². The number of alkyl halides is 2. The number of aryl methyl sites for hydroxylation is 2. The van der Waals surface area contributed by atoms with Gasteiger partial charge in [0.25, 0.3) is 6.43 Å². The first-order valence-corrected chi connectivity index (χ1v) is 15.8. The van der Waals surface area contributed by atoms with E-state index in [9.17, 15) is 31.5 Å². The predicted molar refractivity (Wildman–Crippen MR) is 155 cm³/mol. The van der Waals surface area contributed by atoms with Gasteiger partial charge in [0.05, 0.1) is 26.2 Å². The highest BCUT2D eigenvalue weighted by Crippen LogP contribution is 2.40. The standard InChI is InChI=1S/C31H31F3N4O6S/c1-18-3-4-20(24(15-27(39)40)23-7-10-38-29(19(23)2)35-36-30(38)28(33)34)13-21(18)16-37-17-31(8-11-43-12-9-31)44-25-6-5-22(32)14-26(25)45(37,41)42/h3-7,10,13-14,24,28H,8-9,11-12,15-17H2,1-2H3,(H,39,40)/t24-/m1/s1. The van der Waals surface area contributed by atoms with Crippen molar-refractivity contribution in [3.05, 3.63) is 88.1 Å². The summed E-state index contributed by atoms with van der Waals surface area (Å²) in [5, 5.41) is 17.4. The second-order valence-corrected chi connectivity index (χ2v) is 13.5. The van der Waals surface area contributed by atoms with Crippen LogP contribution in [0, 0.1) is 19.7 Å². The molecule has 1 fully saturated rings. The first-order valence-electron chi connectivity index (χ1n) is 14.4. The highest BCUT2D eigenvalue weighted by molar-refractivity contribution is 7.89. The molecule has 14 heteroatoms. The van der Waals surface area contributed by atoms with Gasteiger partial charge in [-0.1, -0.05) is 18.2 Å². The van der Waals surface area contributed by atoms with E-state index in [1.54, 1.807) is 31.2 Å². The Morgan fingerprint density at radius 1 is 1.09 bits per heavy atom. The number of aliphatic carboxylic acids is 1. The number of ether oxygens (including phenoxy) is 2. The Morgan fingerprint density at radius 2 is 1.84 bits per heavy atom. The van der Waals surface area contributed by atoms with E-state index < -0.39 is 45.6 Å². The summed E-state index contributed by atoms with van der Waals surface area (Å²) in [5.74, 6) is -2.93. The number of hydrogen-bond acceptors (Lipinski definition) is 7. The molecule has 238 valence electrons. The zero-order valence-electron chi connectivity index (χ0n) is 24.5. The number of nitrogens with zero attached hydrogens (tertiary/aromatic N) is 4. The topological polar surface area (TPSA) is 123 Å². The van der Waals surface area contributed by atoms with Crippen LogP contribution < -0.4 is 4.74 Å². The van der Waals surface area contributed by atoms with Crippen LogP contribution in [-0.2, 0) is 26.1 Å². The molecule has 0 saturated carbocycles. The Hall–Kier alpha value is -4.01. The molecule has 2 aliphatic rings. The van der Waals surface area contributed by atoms with E-state index in [1.807, 2.05) is 6.92 Å². The molecule has 2 aromatic carbocycles. The fourth-order valence-corrected chi connectivity index (χ4v) is 7.83. The highest BCUT2D eigenvalue weighted by atomic mass is 32.2. The molecular formula is C31H31F3N4O6S. The second-order valence-electron chi connectivity index (χ2n) is 11.5. The third-order valence-electron chi connectivity index (χ3n) is 8.68. The number of carboxylic acids is 1. The lowest BCUT2D eigenvalue weighted by Gasteiger charge is -2.38. The van der Waals surface area contributed by atoms with E-state index in [1.165, 1.54) is 27.0 Å². The zero-order chi connectivity index (χ0) is 32.1. The number of fused-ring (bicyclic) bond motifs is 2. The maximum atomic E-state index is 14.3. The Bertz CT molecular complexity index is 1890. The fraction of sp³-hybridized carbons (Fsp3) is 0.387. The summed E-state index contributed by atoms with van der Waals surface area (Å²) >= 11 is 0. The van der Waals surface area contributed by atoms with E-state index in [0.29, 0.717) is 48.3 Å². The molecular weight excluding hydrogens is 613 g/mol. The Kier molecular flexibility index (Phi) is 8.08. The van der Waals surface area contributed by atoms with Crippen LogP contribution in [0.2, 0.25) is 0 Å². The van der Waals surface area contributed by atoms with E-state index in [2.05, 4.69) is 10.2 Å². The van der Waals surface area contributed by atoms with Crippen molar-refractivity contribution in [3.63, 3.8) is 0 Å². The van der Waals surface area contributed by atoms with E-state index in [-0.39, 0.29) is 35.8 Å². The zero-order valence-corrected chi connectivity index (χ0v) is 25.4. The van der Waals surface area contributed by atoms with Crippen LogP contribution in [0.25, 0.3) is 5.65 Å². The molecule has 0 radical (unpaired) electrons. The summed E-state index contributed by atoms with van der Waals surface area (Å²) in [7, 11) is -4.22. The van der Waals surface area contributed by atoms with Crippen molar-refractivity contribution in [3.8, 4) is 5.75 Å². The van der Waals surface area contributed by atoms with Gasteiger partial charge in [-0.15, -0.1) is 10.2 Å². The van der Waals surface area contributed by atoms with Crippen molar-refractivity contribution in [2.75, 3.05) is 19.8 Å². The molecule has 1 N–H and O–H groups in total. The van der Waals surface area contributed by atoms with Gasteiger partial charge in [-0.3, -0.25) is 9.20 Å². The van der Waals surface area contributed by atoms with Gasteiger partial charge in [0.15, 0.2) is 5.65 Å². The first kappa shape index (κ1) is 31.0. The maximum absolute atomic E-state index is 14.3. The minimum absolute atomic E-state index is 0.00629. The average molecular weight is 645 g/mol. The third-order valence-corrected chi connectivity index (χ3v) is 10.5. The Morgan fingerprint density at radius 3 is 2.56 bits per heavy atom. The van der Waals surface area contributed by atoms with Gasteiger partial charge in [0.1, 0.15) is 22.1 Å². The summed E-state index contributed by atoms with van der Waals surface area (Å²) in [6, 6.07) is 10.4. The van der Waals surface area contributed by atoms with Gasteiger partial charge in [0.2, 0.25) is 15.8 Å². The molecule has 0 bridgehead atoms. The molecule has 1 spiro atoms. The molecule has 45 heavy (non-hydrogen) atoms. The van der Waals surface area contributed by atoms with E-state index in [0.717, 1.165) is 11.6 Å². The number of halogens is 3. The first-order chi connectivity index (χ1) is 21.4. The van der Waals surface area contributed by atoms with Crippen LogP contribution in [-0.4, -0.2) is 63.8 Å². The lowest BCUT2D eigenvalue weighted by atomic mass is 9.85. The summed E-state index contributed by atoms with van der Waals surface area (Å²) in [6.45, 7) is 4.18. The number of carbonyl (C=O) groups is 1. The average Bonchev–Trinajstić information content (AvgIpc) is 3.41. The number of benzene rings is 2. The van der Waals surface area contributed by atoms with Crippen LogP contribution in [0.5, 0.6) is 5.75 Å². The van der Waals surface area contributed by atoms with Gasteiger partial charge in [-0.25, -0.2) is 21.6 Å². The molecule has 4 aromatic rings. The molecule has 0 aliphatic carbocycles. The van der Waals surface area contributed by atoms with Gasteiger partial charge in [-0.05, 0) is 65.9 Å². The number of pyridine rings is 1. The molecule has 2 aromatic heterocycles. The van der Waals surface area contributed by atoms with E-state index in [4.69, 9.17) is 9.47 Å². The van der Waals surface area contributed by atoms with Crippen LogP contribution in [0.4, 0.5) is 13.2 Å². The molecule has 0 amide bonds. The van der Waals surface area contributed by atoms with Crippen molar-refractivity contribution >= 4 is 21.6 Å². The summed E-state index contributed by atoms with van der Waals surface area (Å²) in [5.41, 5.74) is 2.35.